The number of aliphatic hydroxyl groups excluding tert-OH is 1. The highest BCUT2D eigenvalue weighted by atomic mass is 19.4. The van der Waals surface area contributed by atoms with E-state index in [-0.39, 0.29) is 5.56 Å². The summed E-state index contributed by atoms with van der Waals surface area (Å²) in [7, 11) is 0. The molecule has 0 bridgehead atoms. The van der Waals surface area contributed by atoms with Gasteiger partial charge in [0.25, 0.3) is 0 Å². The van der Waals surface area contributed by atoms with Crippen LogP contribution in [0.3, 0.4) is 0 Å². The van der Waals surface area contributed by atoms with Gasteiger partial charge in [0, 0.05) is 0 Å². The summed E-state index contributed by atoms with van der Waals surface area (Å²) in [5.41, 5.74) is 0.973. The van der Waals surface area contributed by atoms with Gasteiger partial charge in [-0.25, -0.2) is 0 Å². The van der Waals surface area contributed by atoms with Gasteiger partial charge in [-0.05, 0) is 30.5 Å². The van der Waals surface area contributed by atoms with Crippen LogP contribution < -0.4 is 0 Å². The quantitative estimate of drug-likeness (QED) is 0.804. The number of aliphatic hydroxyl groups is 1. The van der Waals surface area contributed by atoms with E-state index >= 15 is 0 Å². The second-order valence-electron chi connectivity index (χ2n) is 3.59. The van der Waals surface area contributed by atoms with E-state index in [4.69, 9.17) is 10.4 Å². The fourth-order valence-corrected chi connectivity index (χ4v) is 1.52. The minimum Gasteiger partial charge on any atom is -0.379 e. The Hall–Kier alpha value is -1.54. The summed E-state index contributed by atoms with van der Waals surface area (Å²) in [6.07, 6.45) is -7.19. The molecule has 0 unspecified atom stereocenters. The van der Waals surface area contributed by atoms with Gasteiger partial charge in [-0.1, -0.05) is 12.1 Å². The molecule has 0 saturated heterocycles. The second kappa shape index (κ2) is 4.14. The van der Waals surface area contributed by atoms with Gasteiger partial charge in [0.15, 0.2) is 6.10 Å². The van der Waals surface area contributed by atoms with Crippen LogP contribution in [0.5, 0.6) is 0 Å². The monoisotopic (exact) mass is 229 g/mol. The topological polar surface area (TPSA) is 44.0 Å². The average Bonchev–Trinajstić information content (AvgIpc) is 2.14. The Morgan fingerprint density at radius 2 is 1.69 bits per heavy atom. The number of nitriles is 1. The first kappa shape index (κ1) is 12.5. The summed E-state index contributed by atoms with van der Waals surface area (Å²) in [5, 5.41) is 17.8. The predicted octanol–water partition coefficient (Wildman–Crippen LogP) is 2.77. The second-order valence-corrected chi connectivity index (χ2v) is 3.59. The van der Waals surface area contributed by atoms with Crippen LogP contribution in [0.1, 0.15) is 28.4 Å². The van der Waals surface area contributed by atoms with Gasteiger partial charge in [0.05, 0.1) is 11.6 Å². The molecule has 0 amide bonds. The highest BCUT2D eigenvalue weighted by Gasteiger charge is 2.39. The number of benzene rings is 1. The Bertz CT molecular complexity index is 423. The highest BCUT2D eigenvalue weighted by molar-refractivity contribution is 5.46. The molecule has 0 aliphatic rings. The molecular weight excluding hydrogens is 219 g/mol. The molecule has 1 rings (SSSR count). The molecule has 1 aromatic rings. The molecule has 16 heavy (non-hydrogen) atoms. The van der Waals surface area contributed by atoms with Crippen molar-refractivity contribution in [3.63, 3.8) is 0 Å². The zero-order chi connectivity index (χ0) is 12.5. The van der Waals surface area contributed by atoms with Gasteiger partial charge >= 0.3 is 6.18 Å². The van der Waals surface area contributed by atoms with Crippen molar-refractivity contribution in [1.82, 2.24) is 0 Å². The van der Waals surface area contributed by atoms with Gasteiger partial charge in [0.1, 0.15) is 0 Å². The first-order chi connectivity index (χ1) is 7.27. The smallest absolute Gasteiger partial charge is 0.379 e. The van der Waals surface area contributed by atoms with Crippen LogP contribution in [-0.4, -0.2) is 11.3 Å². The lowest BCUT2D eigenvalue weighted by atomic mass is 9.97. The molecule has 0 aliphatic heterocycles. The Morgan fingerprint density at radius 3 is 2.00 bits per heavy atom. The molecule has 0 heterocycles. The zero-order valence-corrected chi connectivity index (χ0v) is 8.76. The third-order valence-electron chi connectivity index (χ3n) is 2.29. The molecule has 1 atom stereocenters. The molecule has 0 aromatic heterocycles. The minimum atomic E-state index is -4.69. The van der Waals surface area contributed by atoms with Gasteiger partial charge in [-0.15, -0.1) is 0 Å². The van der Waals surface area contributed by atoms with Crippen molar-refractivity contribution in [3.8, 4) is 6.07 Å². The maximum absolute atomic E-state index is 12.3. The van der Waals surface area contributed by atoms with Crippen molar-refractivity contribution in [2.45, 2.75) is 26.1 Å². The lowest BCUT2D eigenvalue weighted by Gasteiger charge is -2.16. The summed E-state index contributed by atoms with van der Waals surface area (Å²) in [6.45, 7) is 3.08. The molecular formula is C11H10F3NO. The summed E-state index contributed by atoms with van der Waals surface area (Å²) >= 11 is 0. The standard InChI is InChI=1S/C11H10F3NO/c1-6-3-8(10(16)11(12,13)14)4-7(2)9(6)5-15/h3-4,10,16H,1-2H3/t10-/m0/s1. The van der Waals surface area contributed by atoms with E-state index in [2.05, 4.69) is 0 Å². The van der Waals surface area contributed by atoms with Crippen molar-refractivity contribution in [1.29, 1.82) is 5.26 Å². The molecule has 0 radical (unpaired) electrons. The zero-order valence-electron chi connectivity index (χ0n) is 8.76. The van der Waals surface area contributed by atoms with Crippen molar-refractivity contribution < 1.29 is 18.3 Å². The molecule has 5 heteroatoms. The molecule has 86 valence electrons. The maximum Gasteiger partial charge on any atom is 0.418 e. The van der Waals surface area contributed by atoms with Crippen LogP contribution in [0.4, 0.5) is 13.2 Å². The van der Waals surface area contributed by atoms with E-state index in [1.54, 1.807) is 0 Å². The van der Waals surface area contributed by atoms with E-state index in [1.165, 1.54) is 26.0 Å². The van der Waals surface area contributed by atoms with Crippen LogP contribution >= 0.6 is 0 Å². The van der Waals surface area contributed by atoms with Gasteiger partial charge in [-0.3, -0.25) is 0 Å². The number of halogens is 3. The van der Waals surface area contributed by atoms with Gasteiger partial charge in [-0.2, -0.15) is 18.4 Å². The lowest BCUT2D eigenvalue weighted by Crippen LogP contribution is -2.20. The fraction of sp³-hybridized carbons (Fsp3) is 0.364. The van der Waals surface area contributed by atoms with Crippen LogP contribution in [0.25, 0.3) is 0 Å². The van der Waals surface area contributed by atoms with Gasteiger partial charge in [0.2, 0.25) is 0 Å². The maximum atomic E-state index is 12.3. The Labute approximate surface area is 90.9 Å². The predicted molar refractivity (Wildman–Crippen MR) is 51.6 cm³/mol. The number of hydrogen-bond donors (Lipinski definition) is 1. The van der Waals surface area contributed by atoms with Crippen molar-refractivity contribution >= 4 is 0 Å². The molecule has 2 nitrogen and oxygen atoms in total. The number of alkyl halides is 3. The third-order valence-corrected chi connectivity index (χ3v) is 2.29. The molecule has 0 fully saturated rings. The summed E-state index contributed by atoms with van der Waals surface area (Å²) in [4.78, 5) is 0. The van der Waals surface area contributed by atoms with Gasteiger partial charge < -0.3 is 5.11 Å². The Kier molecular flexibility index (Phi) is 3.24. The Morgan fingerprint density at radius 1 is 1.25 bits per heavy atom. The van der Waals surface area contributed by atoms with Crippen molar-refractivity contribution in [3.05, 3.63) is 34.4 Å². The van der Waals surface area contributed by atoms with E-state index in [9.17, 15) is 13.2 Å². The van der Waals surface area contributed by atoms with Crippen molar-refractivity contribution in [2.24, 2.45) is 0 Å². The molecule has 0 aliphatic carbocycles. The normalized spacial score (nSPS) is 13.3. The Balaban J connectivity index is 3.25. The van der Waals surface area contributed by atoms with E-state index in [1.807, 2.05) is 6.07 Å². The SMILES string of the molecule is Cc1cc([C@H](O)C(F)(F)F)cc(C)c1C#N. The van der Waals surface area contributed by atoms with Crippen LogP contribution in [0.2, 0.25) is 0 Å². The van der Waals surface area contributed by atoms with Crippen LogP contribution in [0.15, 0.2) is 12.1 Å². The lowest BCUT2D eigenvalue weighted by molar-refractivity contribution is -0.206. The first-order valence-corrected chi connectivity index (χ1v) is 4.53. The number of aryl methyl sites for hydroxylation is 2. The summed E-state index contributed by atoms with van der Waals surface area (Å²) in [5.74, 6) is 0. The van der Waals surface area contributed by atoms with Crippen LogP contribution in [-0.2, 0) is 0 Å². The summed E-state index contributed by atoms with van der Waals surface area (Å²) < 4.78 is 36.8. The summed E-state index contributed by atoms with van der Waals surface area (Å²) in [6, 6.07) is 4.27. The van der Waals surface area contributed by atoms with Crippen molar-refractivity contribution in [2.75, 3.05) is 0 Å². The average molecular weight is 229 g/mol. The minimum absolute atomic E-state index is 0.235. The molecule has 0 saturated carbocycles. The highest BCUT2D eigenvalue weighted by Crippen LogP contribution is 2.33. The van der Waals surface area contributed by atoms with E-state index in [0.29, 0.717) is 16.7 Å². The number of rotatable bonds is 1. The van der Waals surface area contributed by atoms with E-state index < -0.39 is 12.3 Å². The third kappa shape index (κ3) is 2.34. The largest absolute Gasteiger partial charge is 0.418 e. The fourth-order valence-electron chi connectivity index (χ4n) is 1.52. The van der Waals surface area contributed by atoms with E-state index in [0.717, 1.165) is 0 Å². The number of nitrogens with zero attached hydrogens (tertiary/aromatic N) is 1. The molecule has 1 N–H and O–H groups in total. The number of hydrogen-bond acceptors (Lipinski definition) is 2. The first-order valence-electron chi connectivity index (χ1n) is 4.53. The molecule has 1 aromatic carbocycles. The van der Waals surface area contributed by atoms with Crippen LogP contribution in [0, 0.1) is 25.2 Å². The molecule has 0 spiro atoms.